The lowest BCUT2D eigenvalue weighted by Crippen LogP contribution is -2.53. The SMILES string of the molecule is C[C@H](CC[C]=O)[C@H]1CC[C@H]2[C@@H]3CC[C@@H]4CCCC[C@]4(C)[C@H]3CC[C@]12C. The number of hydrogen-bond donors (Lipinski definition) is 0. The van der Waals surface area contributed by atoms with E-state index < -0.39 is 0 Å². The molecule has 0 aromatic rings. The fourth-order valence-corrected chi connectivity index (χ4v) is 8.76. The Morgan fingerprint density at radius 3 is 2.52 bits per heavy atom. The highest BCUT2D eigenvalue weighted by Gasteiger charge is 2.59. The third-order valence-electron chi connectivity index (χ3n) is 10.0. The Morgan fingerprint density at radius 1 is 0.920 bits per heavy atom. The van der Waals surface area contributed by atoms with Gasteiger partial charge in [0.1, 0.15) is 0 Å². The van der Waals surface area contributed by atoms with Gasteiger partial charge in [-0.3, -0.25) is 4.79 Å². The van der Waals surface area contributed by atoms with Crippen LogP contribution in [0.3, 0.4) is 0 Å². The smallest absolute Gasteiger partial charge is 0.198 e. The average Bonchev–Trinajstić information content (AvgIpc) is 2.96. The molecule has 1 radical (unpaired) electrons. The van der Waals surface area contributed by atoms with Crippen LogP contribution >= 0.6 is 0 Å². The number of carbonyl (C=O) groups excluding carboxylic acids is 1. The van der Waals surface area contributed by atoms with Crippen LogP contribution in [-0.2, 0) is 4.79 Å². The lowest BCUT2D eigenvalue weighted by atomic mass is 9.44. The van der Waals surface area contributed by atoms with Gasteiger partial charge in [-0.1, -0.05) is 33.6 Å². The monoisotopic (exact) mass is 343 g/mol. The lowest BCUT2D eigenvalue weighted by Gasteiger charge is -2.61. The summed E-state index contributed by atoms with van der Waals surface area (Å²) in [5.41, 5.74) is 1.22. The van der Waals surface area contributed by atoms with Crippen molar-refractivity contribution in [3.63, 3.8) is 0 Å². The summed E-state index contributed by atoms with van der Waals surface area (Å²) in [4.78, 5) is 10.7. The molecule has 0 amide bonds. The second-order valence-electron chi connectivity index (χ2n) is 10.8. The molecule has 0 bridgehead atoms. The molecular formula is C24H39O. The largest absolute Gasteiger partial charge is 0.291 e. The molecule has 0 aromatic heterocycles. The molecule has 4 aliphatic carbocycles. The third kappa shape index (κ3) is 2.74. The summed E-state index contributed by atoms with van der Waals surface area (Å²) in [7, 11) is 0. The van der Waals surface area contributed by atoms with Crippen LogP contribution in [0.2, 0.25) is 0 Å². The summed E-state index contributed by atoms with van der Waals surface area (Å²) in [6.07, 6.45) is 18.7. The highest BCUT2D eigenvalue weighted by atomic mass is 16.1. The standard InChI is InChI=1S/C24H39O/c1-17(7-6-16-25)20-11-12-21-19-10-9-18-8-4-5-14-23(18,2)22(19)13-15-24(20,21)3/h17-22H,4-15H2,1-3H3/t17-,18+,19+,20-,21+,22+,23+,24-/m1/s1. The Morgan fingerprint density at radius 2 is 1.72 bits per heavy atom. The Labute approximate surface area is 155 Å². The maximum Gasteiger partial charge on any atom is 0.198 e. The van der Waals surface area contributed by atoms with Crippen LogP contribution in [0.15, 0.2) is 0 Å². The van der Waals surface area contributed by atoms with Crippen molar-refractivity contribution in [3.05, 3.63) is 0 Å². The van der Waals surface area contributed by atoms with Gasteiger partial charge >= 0.3 is 0 Å². The zero-order valence-corrected chi connectivity index (χ0v) is 16.9. The maximum atomic E-state index is 10.7. The Bertz CT molecular complexity index is 498. The van der Waals surface area contributed by atoms with E-state index in [1.807, 2.05) is 0 Å². The van der Waals surface area contributed by atoms with Gasteiger partial charge in [0.2, 0.25) is 0 Å². The van der Waals surface area contributed by atoms with Gasteiger partial charge < -0.3 is 0 Å². The minimum Gasteiger partial charge on any atom is -0.291 e. The van der Waals surface area contributed by atoms with Crippen molar-refractivity contribution in [1.82, 2.24) is 0 Å². The Kier molecular flexibility index (Phi) is 4.82. The number of rotatable bonds is 4. The topological polar surface area (TPSA) is 17.1 Å². The van der Waals surface area contributed by atoms with Crippen molar-refractivity contribution in [2.45, 2.75) is 97.8 Å². The van der Waals surface area contributed by atoms with Gasteiger partial charge in [0.05, 0.1) is 0 Å². The molecule has 0 aliphatic heterocycles. The summed E-state index contributed by atoms with van der Waals surface area (Å²) < 4.78 is 0. The first-order valence-corrected chi connectivity index (χ1v) is 11.4. The van der Waals surface area contributed by atoms with Gasteiger partial charge in [-0.2, -0.15) is 0 Å². The molecule has 0 unspecified atom stereocenters. The molecule has 4 aliphatic rings. The molecule has 8 atom stereocenters. The van der Waals surface area contributed by atoms with Crippen LogP contribution in [0.4, 0.5) is 0 Å². The fourth-order valence-electron chi connectivity index (χ4n) is 8.76. The van der Waals surface area contributed by atoms with Crippen molar-refractivity contribution in [2.75, 3.05) is 0 Å². The molecule has 1 heteroatoms. The lowest BCUT2D eigenvalue weighted by molar-refractivity contribution is -0.114. The molecule has 0 N–H and O–H groups in total. The van der Waals surface area contributed by atoms with Gasteiger partial charge in [0.15, 0.2) is 6.29 Å². The van der Waals surface area contributed by atoms with E-state index in [1.54, 1.807) is 0 Å². The van der Waals surface area contributed by atoms with Crippen LogP contribution in [0.25, 0.3) is 0 Å². The number of fused-ring (bicyclic) bond motifs is 5. The molecule has 4 fully saturated rings. The summed E-state index contributed by atoms with van der Waals surface area (Å²) >= 11 is 0. The van der Waals surface area contributed by atoms with Crippen molar-refractivity contribution in [2.24, 2.45) is 46.3 Å². The van der Waals surface area contributed by atoms with Crippen LogP contribution in [-0.4, -0.2) is 6.29 Å². The normalized spacial score (nSPS) is 50.4. The predicted molar refractivity (Wildman–Crippen MR) is 104 cm³/mol. The Hall–Kier alpha value is -0.330. The molecule has 4 rings (SSSR count). The van der Waals surface area contributed by atoms with E-state index in [0.717, 1.165) is 36.0 Å². The van der Waals surface area contributed by atoms with Crippen molar-refractivity contribution < 1.29 is 4.79 Å². The molecule has 0 spiro atoms. The minimum atomic E-state index is 0.557. The predicted octanol–water partition coefficient (Wildman–Crippen LogP) is 6.56. The molecule has 1 nitrogen and oxygen atoms in total. The summed E-state index contributed by atoms with van der Waals surface area (Å²) in [6.45, 7) is 7.74. The van der Waals surface area contributed by atoms with Gasteiger partial charge in [0, 0.05) is 6.42 Å². The van der Waals surface area contributed by atoms with Crippen molar-refractivity contribution >= 4 is 6.29 Å². The molecule has 0 saturated heterocycles. The van der Waals surface area contributed by atoms with E-state index in [1.165, 1.54) is 64.2 Å². The summed E-state index contributed by atoms with van der Waals surface area (Å²) in [5.74, 6) is 5.58. The first-order chi connectivity index (χ1) is 12.0. The second kappa shape index (κ2) is 6.68. The highest BCUT2D eigenvalue weighted by Crippen LogP contribution is 2.68. The van der Waals surface area contributed by atoms with E-state index in [2.05, 4.69) is 27.1 Å². The van der Waals surface area contributed by atoms with Crippen LogP contribution in [0.1, 0.15) is 97.8 Å². The maximum absolute atomic E-state index is 10.7. The first-order valence-electron chi connectivity index (χ1n) is 11.4. The van der Waals surface area contributed by atoms with Gasteiger partial charge in [-0.15, -0.1) is 0 Å². The molecule has 0 aromatic carbocycles. The highest BCUT2D eigenvalue weighted by molar-refractivity contribution is 5.50. The molecule has 0 heterocycles. The van der Waals surface area contributed by atoms with Crippen LogP contribution < -0.4 is 0 Å². The molecule has 25 heavy (non-hydrogen) atoms. The fraction of sp³-hybridized carbons (Fsp3) is 0.958. The van der Waals surface area contributed by atoms with E-state index >= 15 is 0 Å². The van der Waals surface area contributed by atoms with E-state index in [-0.39, 0.29) is 0 Å². The molecular weight excluding hydrogens is 304 g/mol. The minimum absolute atomic E-state index is 0.557. The van der Waals surface area contributed by atoms with E-state index in [4.69, 9.17) is 0 Å². The average molecular weight is 344 g/mol. The van der Waals surface area contributed by atoms with Crippen molar-refractivity contribution in [3.8, 4) is 0 Å². The zero-order chi connectivity index (χ0) is 17.7. The van der Waals surface area contributed by atoms with Gasteiger partial charge in [-0.05, 0) is 104 Å². The third-order valence-corrected chi connectivity index (χ3v) is 10.0. The Balaban J connectivity index is 1.54. The summed E-state index contributed by atoms with van der Waals surface area (Å²) in [6, 6.07) is 0. The zero-order valence-electron chi connectivity index (χ0n) is 16.9. The number of hydrogen-bond acceptors (Lipinski definition) is 1. The van der Waals surface area contributed by atoms with Crippen LogP contribution in [0.5, 0.6) is 0 Å². The van der Waals surface area contributed by atoms with Crippen molar-refractivity contribution in [1.29, 1.82) is 0 Å². The second-order valence-corrected chi connectivity index (χ2v) is 10.8. The first kappa shape index (κ1) is 18.1. The van der Waals surface area contributed by atoms with Gasteiger partial charge in [-0.25, -0.2) is 0 Å². The summed E-state index contributed by atoms with van der Waals surface area (Å²) in [5, 5.41) is 0. The van der Waals surface area contributed by atoms with Gasteiger partial charge in [0.25, 0.3) is 0 Å². The molecule has 141 valence electrons. The molecule has 4 saturated carbocycles. The quantitative estimate of drug-likeness (QED) is 0.565. The van der Waals surface area contributed by atoms with E-state index in [9.17, 15) is 4.79 Å². The van der Waals surface area contributed by atoms with Crippen LogP contribution in [0, 0.1) is 46.3 Å². The van der Waals surface area contributed by atoms with E-state index in [0.29, 0.717) is 23.2 Å².